The van der Waals surface area contributed by atoms with Gasteiger partial charge in [0, 0.05) is 13.2 Å². The molecule has 0 aliphatic heterocycles. The van der Waals surface area contributed by atoms with Crippen LogP contribution in [-0.2, 0) is 4.74 Å². The molecule has 2 heteroatoms. The van der Waals surface area contributed by atoms with Crippen LogP contribution in [0.3, 0.4) is 0 Å². The van der Waals surface area contributed by atoms with Gasteiger partial charge >= 0.3 is 0 Å². The zero-order chi connectivity index (χ0) is 11.2. The van der Waals surface area contributed by atoms with E-state index in [1.807, 2.05) is 0 Å². The maximum Gasteiger partial charge on any atom is 0.0543 e. The number of hydrogen-bond donors (Lipinski definition) is 1. The molecule has 0 saturated heterocycles. The fraction of sp³-hybridized carbons (Fsp3) is 1.00. The van der Waals surface area contributed by atoms with E-state index < -0.39 is 0 Å². The Morgan fingerprint density at radius 1 is 1.21 bits per heavy atom. The van der Waals surface area contributed by atoms with Crippen molar-refractivity contribution in [2.45, 2.75) is 59.6 Å². The molecular formula is C12H27NO. The highest BCUT2D eigenvalue weighted by molar-refractivity contribution is 4.80. The van der Waals surface area contributed by atoms with Crippen LogP contribution in [0.25, 0.3) is 0 Å². The van der Waals surface area contributed by atoms with Crippen LogP contribution < -0.4 is 5.32 Å². The molecule has 0 aromatic carbocycles. The van der Waals surface area contributed by atoms with E-state index >= 15 is 0 Å². The molecule has 14 heavy (non-hydrogen) atoms. The lowest BCUT2D eigenvalue weighted by molar-refractivity contribution is 0.0994. The lowest BCUT2D eigenvalue weighted by Crippen LogP contribution is -2.40. The van der Waals surface area contributed by atoms with Gasteiger partial charge in [0.25, 0.3) is 0 Å². The van der Waals surface area contributed by atoms with Crippen LogP contribution in [0.1, 0.15) is 47.5 Å². The van der Waals surface area contributed by atoms with Crippen molar-refractivity contribution in [1.29, 1.82) is 0 Å². The fourth-order valence-corrected chi connectivity index (χ4v) is 1.61. The summed E-state index contributed by atoms with van der Waals surface area (Å²) in [7, 11) is 1.78. The summed E-state index contributed by atoms with van der Waals surface area (Å²) in [5.41, 5.74) is 0.337. The fourth-order valence-electron chi connectivity index (χ4n) is 1.61. The van der Waals surface area contributed by atoms with Crippen molar-refractivity contribution in [1.82, 2.24) is 5.32 Å². The molecule has 0 aliphatic rings. The van der Waals surface area contributed by atoms with E-state index in [1.165, 1.54) is 6.42 Å². The highest BCUT2D eigenvalue weighted by Gasteiger charge is 2.23. The minimum atomic E-state index is 0.337. The Bertz CT molecular complexity index is 140. The van der Waals surface area contributed by atoms with E-state index in [9.17, 15) is 0 Å². The molecule has 0 radical (unpaired) electrons. The second-order valence-electron chi connectivity index (χ2n) is 5.10. The molecule has 2 unspecified atom stereocenters. The first-order valence-corrected chi connectivity index (χ1v) is 5.68. The van der Waals surface area contributed by atoms with Crippen LogP contribution in [0.4, 0.5) is 0 Å². The summed E-state index contributed by atoms with van der Waals surface area (Å²) < 4.78 is 5.26. The van der Waals surface area contributed by atoms with Gasteiger partial charge in [-0.15, -0.1) is 0 Å². The minimum absolute atomic E-state index is 0.337. The lowest BCUT2D eigenvalue weighted by atomic mass is 9.83. The smallest absolute Gasteiger partial charge is 0.0543 e. The van der Waals surface area contributed by atoms with Gasteiger partial charge in [0.1, 0.15) is 0 Å². The van der Waals surface area contributed by atoms with Crippen LogP contribution in [0.5, 0.6) is 0 Å². The van der Waals surface area contributed by atoms with Crippen LogP contribution >= 0.6 is 0 Å². The van der Waals surface area contributed by atoms with Crippen molar-refractivity contribution in [2.75, 3.05) is 13.7 Å². The third-order valence-electron chi connectivity index (χ3n) is 2.76. The van der Waals surface area contributed by atoms with Gasteiger partial charge in [0.2, 0.25) is 0 Å². The van der Waals surface area contributed by atoms with Crippen molar-refractivity contribution in [3.63, 3.8) is 0 Å². The Balaban J connectivity index is 3.98. The second-order valence-corrected chi connectivity index (χ2v) is 5.10. The van der Waals surface area contributed by atoms with Crippen molar-refractivity contribution in [3.8, 4) is 0 Å². The predicted molar refractivity (Wildman–Crippen MR) is 62.6 cm³/mol. The van der Waals surface area contributed by atoms with Crippen molar-refractivity contribution >= 4 is 0 Å². The SMILES string of the molecule is CCNC(CCC(C)OC)C(C)(C)C. The first kappa shape index (κ1) is 13.9. The molecule has 0 fully saturated rings. The topological polar surface area (TPSA) is 21.3 Å². The Hall–Kier alpha value is -0.0800. The maximum atomic E-state index is 5.26. The van der Waals surface area contributed by atoms with Crippen LogP contribution in [0, 0.1) is 5.41 Å². The number of ether oxygens (including phenoxy) is 1. The first-order valence-electron chi connectivity index (χ1n) is 5.68. The molecule has 0 aromatic rings. The normalized spacial score (nSPS) is 16.7. The van der Waals surface area contributed by atoms with Gasteiger partial charge in [-0.25, -0.2) is 0 Å². The number of nitrogens with one attached hydrogen (secondary N) is 1. The van der Waals surface area contributed by atoms with Crippen molar-refractivity contribution < 1.29 is 4.74 Å². The molecule has 0 spiro atoms. The van der Waals surface area contributed by atoms with Gasteiger partial charge in [-0.3, -0.25) is 0 Å². The summed E-state index contributed by atoms with van der Waals surface area (Å²) in [5.74, 6) is 0. The molecule has 0 aromatic heterocycles. The van der Waals surface area contributed by atoms with Gasteiger partial charge in [-0.1, -0.05) is 27.7 Å². The number of hydrogen-bond acceptors (Lipinski definition) is 2. The third kappa shape index (κ3) is 5.61. The summed E-state index contributed by atoms with van der Waals surface area (Å²) in [6, 6.07) is 0.588. The largest absolute Gasteiger partial charge is 0.382 e. The van der Waals surface area contributed by atoms with E-state index in [-0.39, 0.29) is 0 Å². The lowest BCUT2D eigenvalue weighted by Gasteiger charge is -2.32. The third-order valence-corrected chi connectivity index (χ3v) is 2.76. The van der Waals surface area contributed by atoms with Crippen molar-refractivity contribution in [2.24, 2.45) is 5.41 Å². The van der Waals surface area contributed by atoms with E-state index in [2.05, 4.69) is 39.9 Å². The molecule has 0 rings (SSSR count). The zero-order valence-electron chi connectivity index (χ0n) is 10.7. The molecular weight excluding hydrogens is 174 g/mol. The van der Waals surface area contributed by atoms with Crippen LogP contribution in [0.2, 0.25) is 0 Å². The molecule has 0 aliphatic carbocycles. The van der Waals surface area contributed by atoms with Gasteiger partial charge in [0.15, 0.2) is 0 Å². The zero-order valence-corrected chi connectivity index (χ0v) is 10.7. The van der Waals surface area contributed by atoms with E-state index in [1.54, 1.807) is 7.11 Å². The molecule has 1 N–H and O–H groups in total. The van der Waals surface area contributed by atoms with E-state index in [0.717, 1.165) is 13.0 Å². The monoisotopic (exact) mass is 201 g/mol. The summed E-state index contributed by atoms with van der Waals surface area (Å²) in [6.45, 7) is 12.2. The standard InChI is InChI=1S/C12H27NO/c1-7-13-11(12(3,4)5)9-8-10(2)14-6/h10-11,13H,7-9H2,1-6H3. The molecule has 0 bridgehead atoms. The maximum absolute atomic E-state index is 5.26. The molecule has 0 heterocycles. The Labute approximate surface area is 89.4 Å². The Morgan fingerprint density at radius 2 is 1.79 bits per heavy atom. The van der Waals surface area contributed by atoms with Crippen molar-refractivity contribution in [3.05, 3.63) is 0 Å². The van der Waals surface area contributed by atoms with Crippen LogP contribution in [-0.4, -0.2) is 25.8 Å². The quantitative estimate of drug-likeness (QED) is 0.713. The van der Waals surface area contributed by atoms with Crippen LogP contribution in [0.15, 0.2) is 0 Å². The molecule has 2 nitrogen and oxygen atoms in total. The molecule has 0 amide bonds. The number of rotatable bonds is 6. The summed E-state index contributed by atoms with van der Waals surface area (Å²) in [6.07, 6.45) is 2.69. The summed E-state index contributed by atoms with van der Waals surface area (Å²) in [5, 5.41) is 3.55. The highest BCUT2D eigenvalue weighted by Crippen LogP contribution is 2.23. The molecule has 0 saturated carbocycles. The summed E-state index contributed by atoms with van der Waals surface area (Å²) >= 11 is 0. The number of methoxy groups -OCH3 is 1. The van der Waals surface area contributed by atoms with Gasteiger partial charge in [-0.2, -0.15) is 0 Å². The van der Waals surface area contributed by atoms with E-state index in [4.69, 9.17) is 4.74 Å². The van der Waals surface area contributed by atoms with Gasteiger partial charge in [-0.05, 0) is 31.7 Å². The van der Waals surface area contributed by atoms with Gasteiger partial charge in [0.05, 0.1) is 6.10 Å². The minimum Gasteiger partial charge on any atom is -0.382 e. The first-order chi connectivity index (χ1) is 6.41. The molecule has 86 valence electrons. The average molecular weight is 201 g/mol. The average Bonchev–Trinajstić information content (AvgIpc) is 2.09. The molecule has 2 atom stereocenters. The Morgan fingerprint density at radius 3 is 2.14 bits per heavy atom. The summed E-state index contributed by atoms with van der Waals surface area (Å²) in [4.78, 5) is 0. The van der Waals surface area contributed by atoms with Gasteiger partial charge < -0.3 is 10.1 Å². The Kier molecular flexibility index (Phi) is 6.38. The predicted octanol–water partition coefficient (Wildman–Crippen LogP) is 2.83. The second kappa shape index (κ2) is 6.41. The highest BCUT2D eigenvalue weighted by atomic mass is 16.5. The van der Waals surface area contributed by atoms with E-state index in [0.29, 0.717) is 17.6 Å².